The molecule has 0 aliphatic carbocycles. The molecule has 2 aromatic heterocycles. The van der Waals surface area contributed by atoms with Gasteiger partial charge in [-0.15, -0.1) is 0 Å². The van der Waals surface area contributed by atoms with Gasteiger partial charge in [-0.2, -0.15) is 13.2 Å². The maximum absolute atomic E-state index is 13.1. The number of pyridine rings is 1. The van der Waals surface area contributed by atoms with Crippen molar-refractivity contribution in [3.8, 4) is 0 Å². The molecule has 0 bridgehead atoms. The molecule has 2 amide bonds. The van der Waals surface area contributed by atoms with E-state index in [1.807, 2.05) is 0 Å². The molecule has 6 nitrogen and oxygen atoms in total. The van der Waals surface area contributed by atoms with E-state index in [-0.39, 0.29) is 31.3 Å². The molecule has 1 saturated heterocycles. The van der Waals surface area contributed by atoms with Crippen molar-refractivity contribution in [2.24, 2.45) is 0 Å². The Morgan fingerprint density at radius 3 is 2.35 bits per heavy atom. The van der Waals surface area contributed by atoms with E-state index in [9.17, 15) is 22.8 Å². The second kappa shape index (κ2) is 7.19. The van der Waals surface area contributed by atoms with Crippen LogP contribution in [0.4, 0.5) is 13.2 Å². The summed E-state index contributed by atoms with van der Waals surface area (Å²) in [6, 6.07) is 3.93. The standard InChI is InChI=1S/C17H16F3N3O3/c18-17(19,20)13-4-5-21-11-12(13)15(24)22-6-2-7-23(9-8-22)16(25)14-3-1-10-26-14/h1,3-5,10-11H,2,6-9H2. The maximum atomic E-state index is 13.1. The third kappa shape index (κ3) is 3.71. The topological polar surface area (TPSA) is 66.7 Å². The van der Waals surface area contributed by atoms with E-state index >= 15 is 0 Å². The van der Waals surface area contributed by atoms with Gasteiger partial charge in [-0.1, -0.05) is 0 Å². The molecule has 0 unspecified atom stereocenters. The molecule has 9 heteroatoms. The Bertz CT molecular complexity index is 790. The third-order valence-corrected chi connectivity index (χ3v) is 4.16. The van der Waals surface area contributed by atoms with Gasteiger partial charge in [0.1, 0.15) is 0 Å². The number of amides is 2. The first kappa shape index (κ1) is 18.0. The van der Waals surface area contributed by atoms with Crippen molar-refractivity contribution in [1.29, 1.82) is 0 Å². The maximum Gasteiger partial charge on any atom is 0.417 e. The number of hydrogen-bond donors (Lipinski definition) is 0. The molecule has 0 atom stereocenters. The summed E-state index contributed by atoms with van der Waals surface area (Å²) in [5.41, 5.74) is -1.49. The van der Waals surface area contributed by atoms with Crippen LogP contribution in [0.25, 0.3) is 0 Å². The van der Waals surface area contributed by atoms with Gasteiger partial charge in [0.05, 0.1) is 17.4 Å². The second-order valence-corrected chi connectivity index (χ2v) is 5.83. The number of carbonyl (C=O) groups is 2. The Hall–Kier alpha value is -2.84. The fourth-order valence-corrected chi connectivity index (χ4v) is 2.86. The number of furan rings is 1. The number of nitrogens with zero attached hydrogens (tertiary/aromatic N) is 3. The highest BCUT2D eigenvalue weighted by atomic mass is 19.4. The van der Waals surface area contributed by atoms with Gasteiger partial charge in [0, 0.05) is 38.6 Å². The summed E-state index contributed by atoms with van der Waals surface area (Å²) in [5, 5.41) is 0. The number of aromatic nitrogens is 1. The van der Waals surface area contributed by atoms with Crippen molar-refractivity contribution in [2.75, 3.05) is 26.2 Å². The lowest BCUT2D eigenvalue weighted by Gasteiger charge is -2.23. The fourth-order valence-electron chi connectivity index (χ4n) is 2.86. The van der Waals surface area contributed by atoms with E-state index in [0.717, 1.165) is 18.5 Å². The van der Waals surface area contributed by atoms with Gasteiger partial charge in [-0.25, -0.2) is 0 Å². The average molecular weight is 367 g/mol. The van der Waals surface area contributed by atoms with Crippen molar-refractivity contribution in [1.82, 2.24) is 14.8 Å². The van der Waals surface area contributed by atoms with Gasteiger partial charge in [-0.3, -0.25) is 14.6 Å². The zero-order chi connectivity index (χ0) is 18.7. The lowest BCUT2D eigenvalue weighted by molar-refractivity contribution is -0.138. The normalized spacial score (nSPS) is 15.7. The van der Waals surface area contributed by atoms with Crippen molar-refractivity contribution >= 4 is 11.8 Å². The van der Waals surface area contributed by atoms with Crippen LogP contribution in [-0.4, -0.2) is 52.8 Å². The molecule has 0 spiro atoms. The van der Waals surface area contributed by atoms with E-state index in [0.29, 0.717) is 13.0 Å². The first-order valence-corrected chi connectivity index (χ1v) is 8.01. The number of alkyl halides is 3. The molecule has 0 saturated carbocycles. The molecule has 1 aliphatic rings. The molecule has 1 fully saturated rings. The second-order valence-electron chi connectivity index (χ2n) is 5.83. The Labute approximate surface area is 147 Å². The minimum atomic E-state index is -4.64. The average Bonchev–Trinajstić information content (AvgIpc) is 3.04. The van der Waals surface area contributed by atoms with Crippen LogP contribution in [0, 0.1) is 0 Å². The summed E-state index contributed by atoms with van der Waals surface area (Å²) >= 11 is 0. The van der Waals surface area contributed by atoms with Gasteiger partial charge in [-0.05, 0) is 24.6 Å². The molecule has 2 aromatic rings. The largest absolute Gasteiger partial charge is 0.459 e. The first-order chi connectivity index (χ1) is 12.4. The molecule has 1 aliphatic heterocycles. The number of halogens is 3. The number of hydrogen-bond acceptors (Lipinski definition) is 4. The van der Waals surface area contributed by atoms with E-state index in [2.05, 4.69) is 4.98 Å². The first-order valence-electron chi connectivity index (χ1n) is 8.01. The van der Waals surface area contributed by atoms with Crippen LogP contribution in [-0.2, 0) is 6.18 Å². The lowest BCUT2D eigenvalue weighted by atomic mass is 10.1. The molecule has 138 valence electrons. The van der Waals surface area contributed by atoms with Crippen molar-refractivity contribution in [3.63, 3.8) is 0 Å². The molecule has 0 N–H and O–H groups in total. The quantitative estimate of drug-likeness (QED) is 0.819. The Morgan fingerprint density at radius 2 is 1.73 bits per heavy atom. The van der Waals surface area contributed by atoms with Gasteiger partial charge in [0.15, 0.2) is 5.76 Å². The molecule has 3 heterocycles. The van der Waals surface area contributed by atoms with Gasteiger partial charge >= 0.3 is 6.18 Å². The highest BCUT2D eigenvalue weighted by Crippen LogP contribution is 2.32. The third-order valence-electron chi connectivity index (χ3n) is 4.16. The van der Waals surface area contributed by atoms with Crippen LogP contribution in [0.3, 0.4) is 0 Å². The number of rotatable bonds is 2. The minimum Gasteiger partial charge on any atom is -0.459 e. The monoisotopic (exact) mass is 367 g/mol. The highest BCUT2D eigenvalue weighted by molar-refractivity contribution is 5.96. The summed E-state index contributed by atoms with van der Waals surface area (Å²) in [7, 11) is 0. The molecule has 0 aromatic carbocycles. The zero-order valence-corrected chi connectivity index (χ0v) is 13.7. The predicted molar refractivity (Wildman–Crippen MR) is 84.4 cm³/mol. The van der Waals surface area contributed by atoms with Crippen LogP contribution in [0.2, 0.25) is 0 Å². The number of carbonyl (C=O) groups excluding carboxylic acids is 2. The van der Waals surface area contributed by atoms with Crippen LogP contribution < -0.4 is 0 Å². The van der Waals surface area contributed by atoms with E-state index in [4.69, 9.17) is 4.42 Å². The van der Waals surface area contributed by atoms with Crippen molar-refractivity contribution in [2.45, 2.75) is 12.6 Å². The summed E-state index contributed by atoms with van der Waals surface area (Å²) in [6.07, 6.45) is -0.851. The molecule has 0 radical (unpaired) electrons. The summed E-state index contributed by atoms with van der Waals surface area (Å²) in [6.45, 7) is 1.000. The van der Waals surface area contributed by atoms with Crippen LogP contribution in [0.5, 0.6) is 0 Å². The highest BCUT2D eigenvalue weighted by Gasteiger charge is 2.36. The van der Waals surface area contributed by atoms with Crippen molar-refractivity contribution in [3.05, 3.63) is 53.7 Å². The van der Waals surface area contributed by atoms with E-state index < -0.39 is 23.2 Å². The van der Waals surface area contributed by atoms with Crippen LogP contribution in [0.1, 0.15) is 32.9 Å². The van der Waals surface area contributed by atoms with Crippen LogP contribution in [0.15, 0.2) is 41.3 Å². The van der Waals surface area contributed by atoms with E-state index in [1.54, 1.807) is 12.1 Å². The zero-order valence-electron chi connectivity index (χ0n) is 13.7. The van der Waals surface area contributed by atoms with Crippen molar-refractivity contribution < 1.29 is 27.2 Å². The van der Waals surface area contributed by atoms with Crippen LogP contribution >= 0.6 is 0 Å². The predicted octanol–water partition coefficient (Wildman–Crippen LogP) is 2.68. The molecule has 3 rings (SSSR count). The van der Waals surface area contributed by atoms with Gasteiger partial charge in [0.2, 0.25) is 0 Å². The smallest absolute Gasteiger partial charge is 0.417 e. The summed E-state index contributed by atoms with van der Waals surface area (Å²) in [5.74, 6) is -0.851. The SMILES string of the molecule is O=C(c1ccco1)N1CCCN(C(=O)c2cnccc2C(F)(F)F)CC1. The fraction of sp³-hybridized carbons (Fsp3) is 0.353. The minimum absolute atomic E-state index is 0.136. The Kier molecular flexibility index (Phi) is 4.97. The summed E-state index contributed by atoms with van der Waals surface area (Å²) < 4.78 is 44.4. The Morgan fingerprint density at radius 1 is 1.04 bits per heavy atom. The molecular formula is C17H16F3N3O3. The van der Waals surface area contributed by atoms with E-state index in [1.165, 1.54) is 16.1 Å². The molecular weight excluding hydrogens is 351 g/mol. The lowest BCUT2D eigenvalue weighted by Crippen LogP contribution is -2.38. The van der Waals surface area contributed by atoms with Gasteiger partial charge in [0.25, 0.3) is 11.8 Å². The molecule has 26 heavy (non-hydrogen) atoms. The Balaban J connectivity index is 1.74. The summed E-state index contributed by atoms with van der Waals surface area (Å²) in [4.78, 5) is 31.4. The van der Waals surface area contributed by atoms with Gasteiger partial charge < -0.3 is 14.2 Å².